The molecule has 0 aliphatic carbocycles. The van der Waals surface area contributed by atoms with Gasteiger partial charge in [-0.3, -0.25) is 4.79 Å². The average Bonchev–Trinajstić information content (AvgIpc) is 3.28. The monoisotopic (exact) mass is 392 g/mol. The van der Waals surface area contributed by atoms with Crippen molar-refractivity contribution in [3.63, 3.8) is 0 Å². The zero-order chi connectivity index (χ0) is 20.9. The van der Waals surface area contributed by atoms with E-state index in [-0.39, 0.29) is 5.92 Å². The van der Waals surface area contributed by atoms with Crippen molar-refractivity contribution in [1.29, 1.82) is 5.26 Å². The van der Waals surface area contributed by atoms with Crippen LogP contribution in [0.4, 0.5) is 0 Å². The molecule has 0 aliphatic rings. The Balaban J connectivity index is 1.76. The molecule has 5 nitrogen and oxygen atoms in total. The van der Waals surface area contributed by atoms with Crippen molar-refractivity contribution in [3.8, 4) is 17.3 Å². The van der Waals surface area contributed by atoms with Gasteiger partial charge in [0.2, 0.25) is 5.91 Å². The predicted molar refractivity (Wildman–Crippen MR) is 116 cm³/mol. The molecule has 0 saturated heterocycles. The van der Waals surface area contributed by atoms with Crippen molar-refractivity contribution in [1.82, 2.24) is 9.97 Å². The molecule has 0 bridgehead atoms. The van der Waals surface area contributed by atoms with Crippen LogP contribution in [0, 0.1) is 11.3 Å². The maximum Gasteiger partial charge on any atom is 0.249 e. The number of benzene rings is 3. The number of imidazole rings is 1. The van der Waals surface area contributed by atoms with Gasteiger partial charge >= 0.3 is 0 Å². The molecule has 0 fully saturated rings. The standard InChI is InChI=1S/C25H20N4O/c26-15-18-10-12-19(13-11-18)23-16-28-25(29-23)22(14-17-6-2-1-3-7-17)20-8-4-5-9-21(20)24(27)30/h1-13,16,22H,14H2,(H2,27,30)(H,28,29)/t22-/m0/s1. The van der Waals surface area contributed by atoms with E-state index in [0.717, 1.165) is 28.2 Å². The third-order valence-corrected chi connectivity index (χ3v) is 5.13. The average molecular weight is 392 g/mol. The molecule has 0 radical (unpaired) electrons. The quantitative estimate of drug-likeness (QED) is 0.508. The highest BCUT2D eigenvalue weighted by Gasteiger charge is 2.23. The first-order valence-corrected chi connectivity index (χ1v) is 9.64. The minimum Gasteiger partial charge on any atom is -0.366 e. The number of nitrogens with one attached hydrogen (secondary N) is 1. The normalized spacial score (nSPS) is 11.6. The van der Waals surface area contributed by atoms with Gasteiger partial charge in [-0.15, -0.1) is 0 Å². The van der Waals surface area contributed by atoms with Gasteiger partial charge in [0.15, 0.2) is 0 Å². The Morgan fingerprint density at radius 2 is 1.70 bits per heavy atom. The van der Waals surface area contributed by atoms with Crippen molar-refractivity contribution in [2.45, 2.75) is 12.3 Å². The lowest BCUT2D eigenvalue weighted by Crippen LogP contribution is -2.17. The number of nitrogens with two attached hydrogens (primary N) is 1. The van der Waals surface area contributed by atoms with Crippen LogP contribution in [0.25, 0.3) is 11.3 Å². The first-order chi connectivity index (χ1) is 14.7. The van der Waals surface area contributed by atoms with Gasteiger partial charge in [-0.25, -0.2) is 4.98 Å². The second-order valence-electron chi connectivity index (χ2n) is 7.07. The van der Waals surface area contributed by atoms with Crippen LogP contribution in [-0.2, 0) is 6.42 Å². The summed E-state index contributed by atoms with van der Waals surface area (Å²) in [5.74, 6) is 0.137. The molecule has 0 unspecified atom stereocenters. The first-order valence-electron chi connectivity index (χ1n) is 9.64. The van der Waals surface area contributed by atoms with Gasteiger partial charge in [0, 0.05) is 11.5 Å². The van der Waals surface area contributed by atoms with Crippen molar-refractivity contribution in [2.24, 2.45) is 5.73 Å². The summed E-state index contributed by atoms with van der Waals surface area (Å²) in [6.45, 7) is 0. The summed E-state index contributed by atoms with van der Waals surface area (Å²) in [4.78, 5) is 20.1. The number of rotatable bonds is 6. The Labute approximate surface area is 174 Å². The summed E-state index contributed by atoms with van der Waals surface area (Å²) in [7, 11) is 0. The number of H-pyrrole nitrogens is 1. The molecule has 0 saturated carbocycles. The SMILES string of the molecule is N#Cc1ccc(-c2cnc([C@@H](Cc3ccccc3)c3ccccc3C(N)=O)[nH]2)cc1. The highest BCUT2D eigenvalue weighted by molar-refractivity contribution is 5.94. The minimum atomic E-state index is -0.456. The lowest BCUT2D eigenvalue weighted by Gasteiger charge is -2.18. The molecule has 0 spiro atoms. The molecule has 3 N–H and O–H groups in total. The van der Waals surface area contributed by atoms with Crippen molar-refractivity contribution in [2.75, 3.05) is 0 Å². The molecule has 1 atom stereocenters. The van der Waals surface area contributed by atoms with Crippen LogP contribution < -0.4 is 5.73 Å². The Kier molecular flexibility index (Phi) is 5.40. The highest BCUT2D eigenvalue weighted by atomic mass is 16.1. The first kappa shape index (κ1) is 19.2. The van der Waals surface area contributed by atoms with E-state index in [0.29, 0.717) is 17.5 Å². The zero-order valence-electron chi connectivity index (χ0n) is 16.2. The largest absolute Gasteiger partial charge is 0.366 e. The van der Waals surface area contributed by atoms with Crippen LogP contribution in [0.15, 0.2) is 85.1 Å². The minimum absolute atomic E-state index is 0.164. The number of aromatic nitrogens is 2. The van der Waals surface area contributed by atoms with Crippen LogP contribution in [0.2, 0.25) is 0 Å². The van der Waals surface area contributed by atoms with E-state index in [1.54, 1.807) is 24.4 Å². The molecule has 4 aromatic rings. The molecule has 0 aliphatic heterocycles. The number of amides is 1. The molecule has 146 valence electrons. The number of carbonyl (C=O) groups excluding carboxylic acids is 1. The molecule has 1 heterocycles. The van der Waals surface area contributed by atoms with Crippen molar-refractivity contribution < 1.29 is 4.79 Å². The van der Waals surface area contributed by atoms with Gasteiger partial charge in [0.25, 0.3) is 0 Å². The molecule has 5 heteroatoms. The van der Waals surface area contributed by atoms with Gasteiger partial charge in [-0.1, -0.05) is 60.7 Å². The number of aromatic amines is 1. The van der Waals surface area contributed by atoms with E-state index in [4.69, 9.17) is 11.0 Å². The second-order valence-corrected chi connectivity index (χ2v) is 7.07. The van der Waals surface area contributed by atoms with Gasteiger partial charge in [-0.05, 0) is 41.3 Å². The van der Waals surface area contributed by atoms with Crippen molar-refractivity contribution >= 4 is 5.91 Å². The summed E-state index contributed by atoms with van der Waals surface area (Å²) >= 11 is 0. The molecule has 1 amide bonds. The topological polar surface area (TPSA) is 95.6 Å². The summed E-state index contributed by atoms with van der Waals surface area (Å²) < 4.78 is 0. The maximum absolute atomic E-state index is 12.1. The van der Waals surface area contributed by atoms with Gasteiger partial charge in [-0.2, -0.15) is 5.26 Å². The Bertz CT molecular complexity index is 1200. The summed E-state index contributed by atoms with van der Waals surface area (Å²) in [6.07, 6.45) is 2.45. The van der Waals surface area contributed by atoms with E-state index < -0.39 is 5.91 Å². The molecule has 3 aromatic carbocycles. The van der Waals surface area contributed by atoms with E-state index in [2.05, 4.69) is 28.2 Å². The lowest BCUT2D eigenvalue weighted by atomic mass is 9.88. The van der Waals surface area contributed by atoms with E-state index >= 15 is 0 Å². The second kappa shape index (κ2) is 8.46. The fraction of sp³-hybridized carbons (Fsp3) is 0.0800. The molecular weight excluding hydrogens is 372 g/mol. The van der Waals surface area contributed by atoms with E-state index in [1.165, 1.54) is 0 Å². The van der Waals surface area contributed by atoms with E-state index in [9.17, 15) is 4.79 Å². The van der Waals surface area contributed by atoms with Crippen molar-refractivity contribution in [3.05, 3.63) is 113 Å². The number of nitriles is 1. The van der Waals surface area contributed by atoms with Crippen LogP contribution in [0.3, 0.4) is 0 Å². The summed E-state index contributed by atoms with van der Waals surface area (Å²) in [5, 5.41) is 9.01. The molecule has 4 rings (SSSR count). The lowest BCUT2D eigenvalue weighted by molar-refractivity contribution is 0.0999. The molecule has 30 heavy (non-hydrogen) atoms. The highest BCUT2D eigenvalue weighted by Crippen LogP contribution is 2.31. The van der Waals surface area contributed by atoms with Gasteiger partial charge in [0.05, 0.1) is 23.5 Å². The van der Waals surface area contributed by atoms with Gasteiger partial charge in [0.1, 0.15) is 5.82 Å². The predicted octanol–water partition coefficient (Wildman–Crippen LogP) is 4.42. The fourth-order valence-corrected chi connectivity index (χ4v) is 3.61. The van der Waals surface area contributed by atoms with Crippen LogP contribution in [0.1, 0.15) is 38.8 Å². The number of hydrogen-bond donors (Lipinski definition) is 2. The maximum atomic E-state index is 12.1. The Morgan fingerprint density at radius 3 is 2.40 bits per heavy atom. The van der Waals surface area contributed by atoms with Crippen LogP contribution in [-0.4, -0.2) is 15.9 Å². The van der Waals surface area contributed by atoms with Crippen LogP contribution in [0.5, 0.6) is 0 Å². The molecule has 1 aromatic heterocycles. The molecular formula is C25H20N4O. The number of nitrogens with zero attached hydrogens (tertiary/aromatic N) is 2. The van der Waals surface area contributed by atoms with E-state index in [1.807, 2.05) is 48.5 Å². The Morgan fingerprint density at radius 1 is 1.00 bits per heavy atom. The third kappa shape index (κ3) is 3.98. The zero-order valence-corrected chi connectivity index (χ0v) is 16.2. The summed E-state index contributed by atoms with van der Waals surface area (Å²) in [5.41, 5.74) is 10.5. The summed E-state index contributed by atoms with van der Waals surface area (Å²) in [6, 6.07) is 26.9. The Hall–Kier alpha value is -4.17. The number of hydrogen-bond acceptors (Lipinski definition) is 3. The fourth-order valence-electron chi connectivity index (χ4n) is 3.61. The van der Waals surface area contributed by atoms with Crippen LogP contribution >= 0.6 is 0 Å². The van der Waals surface area contributed by atoms with Gasteiger partial charge < -0.3 is 10.7 Å². The number of primary amides is 1. The third-order valence-electron chi connectivity index (χ3n) is 5.13. The smallest absolute Gasteiger partial charge is 0.249 e. The number of carbonyl (C=O) groups is 1.